The Hall–Kier alpha value is -1.95. The molecule has 0 bridgehead atoms. The molecule has 2 aromatic heterocycles. The van der Waals surface area contributed by atoms with Gasteiger partial charge >= 0.3 is 0 Å². The first kappa shape index (κ1) is 9.60. The number of terminal acetylenes is 1. The zero-order valence-corrected chi connectivity index (χ0v) is 9.01. The van der Waals surface area contributed by atoms with E-state index in [9.17, 15) is 0 Å². The molecule has 0 radical (unpaired) electrons. The van der Waals surface area contributed by atoms with Gasteiger partial charge in [0.05, 0.1) is 11.1 Å². The molecule has 0 aromatic carbocycles. The van der Waals surface area contributed by atoms with Gasteiger partial charge in [-0.15, -0.1) is 6.42 Å². The highest BCUT2D eigenvalue weighted by atomic mass is 16.3. The molecule has 76 valence electrons. The van der Waals surface area contributed by atoms with Crippen molar-refractivity contribution in [1.82, 2.24) is 4.98 Å². The largest absolute Gasteiger partial charge is 0.427 e. The predicted molar refractivity (Wildman–Crippen MR) is 60.6 cm³/mol. The molecule has 0 unspecified atom stereocenters. The van der Waals surface area contributed by atoms with E-state index in [0.29, 0.717) is 17.2 Å². The van der Waals surface area contributed by atoms with Gasteiger partial charge in [0.2, 0.25) is 11.5 Å². The number of nitrogens with zero attached hydrogens (tertiary/aromatic N) is 1. The molecule has 0 spiro atoms. The smallest absolute Gasteiger partial charge is 0.230 e. The zero-order valence-electron chi connectivity index (χ0n) is 9.01. The number of aryl methyl sites for hydroxylation is 2. The van der Waals surface area contributed by atoms with Crippen LogP contribution in [0.4, 0.5) is 5.69 Å². The summed E-state index contributed by atoms with van der Waals surface area (Å²) in [5.74, 6) is 2.79. The summed E-state index contributed by atoms with van der Waals surface area (Å²) in [6.07, 6.45) is 5.29. The van der Waals surface area contributed by atoms with Crippen LogP contribution < -0.4 is 5.73 Å². The van der Waals surface area contributed by atoms with Gasteiger partial charge in [-0.3, -0.25) is 0 Å². The Kier molecular flexibility index (Phi) is 1.94. The molecule has 0 aliphatic carbocycles. The van der Waals surface area contributed by atoms with E-state index in [2.05, 4.69) is 10.9 Å². The van der Waals surface area contributed by atoms with E-state index in [-0.39, 0.29) is 0 Å². The highest BCUT2D eigenvalue weighted by Crippen LogP contribution is 2.31. The van der Waals surface area contributed by atoms with Crippen molar-refractivity contribution < 1.29 is 4.42 Å². The molecule has 0 aliphatic rings. The van der Waals surface area contributed by atoms with Crippen LogP contribution in [0.2, 0.25) is 0 Å². The lowest BCUT2D eigenvalue weighted by Gasteiger charge is -2.04. The third kappa shape index (κ3) is 1.18. The number of hydrogen-bond acceptors (Lipinski definition) is 3. The van der Waals surface area contributed by atoms with Crippen LogP contribution in [0.25, 0.3) is 11.1 Å². The first-order valence-corrected chi connectivity index (χ1v) is 4.68. The fourth-order valence-corrected chi connectivity index (χ4v) is 1.67. The Balaban J connectivity index is 2.98. The third-order valence-electron chi connectivity index (χ3n) is 2.81. The Morgan fingerprint density at radius 1 is 1.27 bits per heavy atom. The van der Waals surface area contributed by atoms with Crippen LogP contribution in [0.15, 0.2) is 4.42 Å². The molecule has 15 heavy (non-hydrogen) atoms. The summed E-state index contributed by atoms with van der Waals surface area (Å²) >= 11 is 0. The maximum atomic E-state index is 5.89. The molecule has 0 fully saturated rings. The fraction of sp³-hybridized carbons (Fsp3) is 0.250. The lowest BCUT2D eigenvalue weighted by atomic mass is 10.1. The molecular formula is C12H12N2O. The Morgan fingerprint density at radius 2 is 1.93 bits per heavy atom. The van der Waals surface area contributed by atoms with Crippen molar-refractivity contribution in [1.29, 1.82) is 0 Å². The molecule has 0 saturated carbocycles. The maximum Gasteiger partial charge on any atom is 0.230 e. The maximum absolute atomic E-state index is 5.89. The summed E-state index contributed by atoms with van der Waals surface area (Å²) in [7, 11) is 0. The lowest BCUT2D eigenvalue weighted by molar-refractivity contribution is 0.589. The molecule has 3 heteroatoms. The predicted octanol–water partition coefficient (Wildman–Crippen LogP) is 2.32. The van der Waals surface area contributed by atoms with Crippen LogP contribution in [-0.4, -0.2) is 4.98 Å². The molecule has 3 nitrogen and oxygen atoms in total. The molecule has 0 saturated heterocycles. The zero-order chi connectivity index (χ0) is 11.2. The van der Waals surface area contributed by atoms with E-state index in [1.165, 1.54) is 0 Å². The molecule has 0 atom stereocenters. The highest BCUT2D eigenvalue weighted by Gasteiger charge is 2.15. The van der Waals surface area contributed by atoms with Gasteiger partial charge < -0.3 is 10.2 Å². The number of aromatic nitrogens is 1. The van der Waals surface area contributed by atoms with Crippen molar-refractivity contribution in [3.05, 3.63) is 22.6 Å². The van der Waals surface area contributed by atoms with Gasteiger partial charge in [0, 0.05) is 5.69 Å². The van der Waals surface area contributed by atoms with Crippen molar-refractivity contribution in [2.45, 2.75) is 20.8 Å². The van der Waals surface area contributed by atoms with Crippen molar-refractivity contribution in [3.63, 3.8) is 0 Å². The van der Waals surface area contributed by atoms with E-state index in [1.807, 2.05) is 20.8 Å². The minimum absolute atomic E-state index is 0.366. The molecule has 2 heterocycles. The number of fused-ring (bicyclic) bond motifs is 1. The van der Waals surface area contributed by atoms with Crippen molar-refractivity contribution in [3.8, 4) is 12.3 Å². The second kappa shape index (κ2) is 3.03. The number of rotatable bonds is 0. The molecule has 0 amide bonds. The molecule has 0 aliphatic heterocycles. The average Bonchev–Trinajstić information content (AvgIpc) is 2.52. The van der Waals surface area contributed by atoms with Gasteiger partial charge in [-0.25, -0.2) is 4.98 Å². The summed E-state index contributed by atoms with van der Waals surface area (Å²) < 4.78 is 5.39. The summed E-state index contributed by atoms with van der Waals surface area (Å²) in [5.41, 5.74) is 10.1. The van der Waals surface area contributed by atoms with E-state index in [0.717, 1.165) is 22.2 Å². The van der Waals surface area contributed by atoms with Crippen LogP contribution in [-0.2, 0) is 0 Å². The first-order valence-electron chi connectivity index (χ1n) is 4.68. The van der Waals surface area contributed by atoms with E-state index < -0.39 is 0 Å². The second-order valence-electron chi connectivity index (χ2n) is 3.62. The summed E-state index contributed by atoms with van der Waals surface area (Å²) in [6, 6.07) is 0. The van der Waals surface area contributed by atoms with E-state index in [4.69, 9.17) is 16.6 Å². The SMILES string of the molecule is C#Cc1oc2nc(C)c(C)c(C)c2c1N. The fourth-order valence-electron chi connectivity index (χ4n) is 1.67. The normalized spacial score (nSPS) is 10.5. The minimum Gasteiger partial charge on any atom is -0.427 e. The number of furan rings is 1. The number of anilines is 1. The van der Waals surface area contributed by atoms with Gasteiger partial charge in [-0.2, -0.15) is 0 Å². The average molecular weight is 200 g/mol. The van der Waals surface area contributed by atoms with Gasteiger partial charge in [0.1, 0.15) is 0 Å². The van der Waals surface area contributed by atoms with Crippen LogP contribution in [0.5, 0.6) is 0 Å². The van der Waals surface area contributed by atoms with Gasteiger partial charge in [0.15, 0.2) is 0 Å². The number of pyridine rings is 1. The Morgan fingerprint density at radius 3 is 2.53 bits per heavy atom. The second-order valence-corrected chi connectivity index (χ2v) is 3.62. The first-order chi connectivity index (χ1) is 7.06. The molecule has 2 aromatic rings. The van der Waals surface area contributed by atoms with Crippen molar-refractivity contribution in [2.75, 3.05) is 5.73 Å². The highest BCUT2D eigenvalue weighted by molar-refractivity contribution is 5.93. The van der Waals surface area contributed by atoms with Crippen LogP contribution in [0, 0.1) is 33.1 Å². The summed E-state index contributed by atoms with van der Waals surface area (Å²) in [5, 5.41) is 0.839. The minimum atomic E-state index is 0.366. The van der Waals surface area contributed by atoms with Gasteiger partial charge in [0.25, 0.3) is 0 Å². The standard InChI is InChI=1S/C12H12N2O/c1-5-9-11(13)10-7(3)6(2)8(4)14-12(10)15-9/h1H,13H2,2-4H3. The topological polar surface area (TPSA) is 52.0 Å². The van der Waals surface area contributed by atoms with Gasteiger partial charge in [-0.05, 0) is 37.8 Å². The molecule has 2 rings (SSSR count). The summed E-state index contributed by atoms with van der Waals surface area (Å²) in [6.45, 7) is 5.95. The van der Waals surface area contributed by atoms with E-state index in [1.54, 1.807) is 0 Å². The van der Waals surface area contributed by atoms with Crippen molar-refractivity contribution in [2.24, 2.45) is 0 Å². The number of nitrogen functional groups attached to an aromatic ring is 1. The molecular weight excluding hydrogens is 188 g/mol. The summed E-state index contributed by atoms with van der Waals surface area (Å²) in [4.78, 5) is 4.32. The van der Waals surface area contributed by atoms with Gasteiger partial charge in [-0.1, -0.05) is 0 Å². The Bertz CT molecular complexity index is 588. The van der Waals surface area contributed by atoms with E-state index >= 15 is 0 Å². The van der Waals surface area contributed by atoms with Crippen LogP contribution in [0.3, 0.4) is 0 Å². The van der Waals surface area contributed by atoms with Crippen LogP contribution in [0.1, 0.15) is 22.6 Å². The number of hydrogen-bond donors (Lipinski definition) is 1. The van der Waals surface area contributed by atoms with Crippen molar-refractivity contribution >= 4 is 16.8 Å². The number of nitrogens with two attached hydrogens (primary N) is 1. The quantitative estimate of drug-likeness (QED) is 0.664. The monoisotopic (exact) mass is 200 g/mol. The lowest BCUT2D eigenvalue weighted by Crippen LogP contribution is -1.93. The molecule has 2 N–H and O–H groups in total. The third-order valence-corrected chi connectivity index (χ3v) is 2.81. The van der Waals surface area contributed by atoms with Crippen LogP contribution >= 0.6 is 0 Å². The Labute approximate surface area is 88.3 Å².